The topological polar surface area (TPSA) is 34.1 Å². The average molecular weight is 284 g/mol. The molecule has 1 aliphatic heterocycles. The number of aromatic nitrogens is 1. The van der Waals surface area contributed by atoms with Crippen molar-refractivity contribution in [2.24, 2.45) is 0 Å². The van der Waals surface area contributed by atoms with Gasteiger partial charge in [0.05, 0.1) is 17.8 Å². The quantitative estimate of drug-likeness (QED) is 0.875. The lowest BCUT2D eigenvalue weighted by molar-refractivity contribution is 0.0995. The zero-order chi connectivity index (χ0) is 14.5. The van der Waals surface area contributed by atoms with Crippen molar-refractivity contribution in [3.63, 3.8) is 0 Å². The molecule has 0 bridgehead atoms. The second kappa shape index (κ2) is 7.01. The van der Waals surface area contributed by atoms with Gasteiger partial charge in [-0.15, -0.1) is 0 Å². The highest BCUT2D eigenvalue weighted by atomic mass is 16.5. The smallest absolute Gasteiger partial charge is 0.0651 e. The summed E-state index contributed by atoms with van der Waals surface area (Å²) in [6.07, 6.45) is 6.99. The van der Waals surface area contributed by atoms with E-state index in [2.05, 4.69) is 47.6 Å². The second-order valence-electron chi connectivity index (χ2n) is 5.74. The largest absolute Gasteiger partial charge is 0.378 e. The Bertz CT molecular complexity index is 573. The van der Waals surface area contributed by atoms with Gasteiger partial charge in [-0.05, 0) is 43.7 Å². The first-order valence-corrected chi connectivity index (χ1v) is 8.07. The Balaban J connectivity index is 1.80. The van der Waals surface area contributed by atoms with Crippen LogP contribution in [0.25, 0.3) is 10.8 Å². The number of rotatable bonds is 6. The highest BCUT2D eigenvalue weighted by molar-refractivity contribution is 5.84. The minimum Gasteiger partial charge on any atom is -0.378 e. The number of pyridine rings is 1. The summed E-state index contributed by atoms with van der Waals surface area (Å²) in [6, 6.07) is 10.9. The van der Waals surface area contributed by atoms with Crippen LogP contribution >= 0.6 is 0 Å². The van der Waals surface area contributed by atoms with Crippen molar-refractivity contribution in [2.45, 2.75) is 44.8 Å². The van der Waals surface area contributed by atoms with Gasteiger partial charge < -0.3 is 10.1 Å². The summed E-state index contributed by atoms with van der Waals surface area (Å²) in [5.74, 6) is 0. The third kappa shape index (κ3) is 3.42. The Morgan fingerprint density at radius 2 is 2.24 bits per heavy atom. The second-order valence-corrected chi connectivity index (χ2v) is 5.74. The van der Waals surface area contributed by atoms with E-state index in [-0.39, 0.29) is 0 Å². The fraction of sp³-hybridized carbons (Fsp3) is 0.500. The lowest BCUT2D eigenvalue weighted by Gasteiger charge is -2.20. The van der Waals surface area contributed by atoms with Crippen LogP contribution in [0.1, 0.15) is 44.3 Å². The van der Waals surface area contributed by atoms with Crippen LogP contribution in [-0.4, -0.2) is 24.2 Å². The van der Waals surface area contributed by atoms with Crippen LogP contribution in [0, 0.1) is 0 Å². The number of benzene rings is 1. The maximum Gasteiger partial charge on any atom is 0.0651 e. The van der Waals surface area contributed by atoms with Gasteiger partial charge in [-0.2, -0.15) is 0 Å². The predicted octanol–water partition coefficient (Wildman–Crippen LogP) is 3.84. The summed E-state index contributed by atoms with van der Waals surface area (Å²) in [5.41, 5.74) is 1.17. The normalized spacial score (nSPS) is 20.0. The van der Waals surface area contributed by atoms with Crippen LogP contribution in [0.4, 0.5) is 0 Å². The minimum atomic E-state index is 0.310. The van der Waals surface area contributed by atoms with E-state index in [0.717, 1.165) is 26.0 Å². The summed E-state index contributed by atoms with van der Waals surface area (Å²) in [6.45, 7) is 4.05. The number of fused-ring (bicyclic) bond motifs is 1. The lowest BCUT2D eigenvalue weighted by atomic mass is 9.99. The first kappa shape index (κ1) is 14.5. The molecule has 1 aromatic carbocycles. The van der Waals surface area contributed by atoms with Crippen LogP contribution in [0.15, 0.2) is 36.5 Å². The minimum absolute atomic E-state index is 0.310. The average Bonchev–Trinajstić information content (AvgIpc) is 3.04. The van der Waals surface area contributed by atoms with Gasteiger partial charge in [-0.25, -0.2) is 0 Å². The van der Waals surface area contributed by atoms with Crippen molar-refractivity contribution < 1.29 is 4.74 Å². The zero-order valence-electron chi connectivity index (χ0n) is 12.7. The molecule has 2 atom stereocenters. The lowest BCUT2D eigenvalue weighted by Crippen LogP contribution is -2.23. The Kier molecular flexibility index (Phi) is 4.84. The van der Waals surface area contributed by atoms with Crippen molar-refractivity contribution in [2.75, 3.05) is 13.2 Å². The maximum atomic E-state index is 5.76. The number of hydrogen-bond acceptors (Lipinski definition) is 3. The molecule has 2 heterocycles. The van der Waals surface area contributed by atoms with Gasteiger partial charge in [-0.1, -0.05) is 31.2 Å². The molecule has 1 aliphatic rings. The molecular formula is C18H24N2O. The molecule has 3 nitrogen and oxygen atoms in total. The molecule has 0 spiro atoms. The van der Waals surface area contributed by atoms with Crippen LogP contribution in [0.3, 0.4) is 0 Å². The van der Waals surface area contributed by atoms with E-state index >= 15 is 0 Å². The number of ether oxygens (including phenoxy) is 1. The van der Waals surface area contributed by atoms with Crippen molar-refractivity contribution in [3.8, 4) is 0 Å². The van der Waals surface area contributed by atoms with Crippen LogP contribution in [0.2, 0.25) is 0 Å². The van der Waals surface area contributed by atoms with E-state index in [1.165, 1.54) is 29.3 Å². The standard InChI is InChI=1S/C18H24N2O/c1-2-19-17(10-9-15-7-5-13-21-15)18-16-8-4-3-6-14(16)11-12-20-18/h3-4,6,8,11-12,15,17,19H,2,5,7,9-10,13H2,1H3. The third-order valence-electron chi connectivity index (χ3n) is 4.29. The summed E-state index contributed by atoms with van der Waals surface area (Å²) in [7, 11) is 0. The molecule has 1 saturated heterocycles. The zero-order valence-corrected chi connectivity index (χ0v) is 12.7. The van der Waals surface area contributed by atoms with E-state index < -0.39 is 0 Å². The Labute approximate surface area is 126 Å². The molecule has 1 fully saturated rings. The first-order chi connectivity index (χ1) is 10.4. The number of hydrogen-bond donors (Lipinski definition) is 1. The molecule has 0 saturated carbocycles. The Morgan fingerprint density at radius 1 is 1.33 bits per heavy atom. The van der Waals surface area contributed by atoms with Crippen LogP contribution < -0.4 is 5.32 Å². The highest BCUT2D eigenvalue weighted by Gasteiger charge is 2.20. The summed E-state index contributed by atoms with van der Waals surface area (Å²) < 4.78 is 5.76. The molecule has 0 aliphatic carbocycles. The van der Waals surface area contributed by atoms with Gasteiger partial charge in [0.1, 0.15) is 0 Å². The van der Waals surface area contributed by atoms with Gasteiger partial charge in [-0.3, -0.25) is 4.98 Å². The summed E-state index contributed by atoms with van der Waals surface area (Å²) in [5, 5.41) is 6.13. The third-order valence-corrected chi connectivity index (χ3v) is 4.29. The van der Waals surface area contributed by atoms with E-state index in [9.17, 15) is 0 Å². The SMILES string of the molecule is CCNC(CCC1CCCO1)c1nccc2ccccc12. The fourth-order valence-electron chi connectivity index (χ4n) is 3.23. The molecule has 1 N–H and O–H groups in total. The molecule has 0 radical (unpaired) electrons. The number of nitrogens with zero attached hydrogens (tertiary/aromatic N) is 1. The van der Waals surface area contributed by atoms with Crippen molar-refractivity contribution in [1.82, 2.24) is 10.3 Å². The predicted molar refractivity (Wildman–Crippen MR) is 86.4 cm³/mol. The Hall–Kier alpha value is -1.45. The van der Waals surface area contributed by atoms with E-state index in [4.69, 9.17) is 4.74 Å². The summed E-state index contributed by atoms with van der Waals surface area (Å²) in [4.78, 5) is 4.67. The number of nitrogens with one attached hydrogen (secondary N) is 1. The van der Waals surface area contributed by atoms with E-state index in [0.29, 0.717) is 12.1 Å². The van der Waals surface area contributed by atoms with Gasteiger partial charge >= 0.3 is 0 Å². The fourth-order valence-corrected chi connectivity index (χ4v) is 3.23. The molecule has 0 amide bonds. The van der Waals surface area contributed by atoms with Gasteiger partial charge in [0.2, 0.25) is 0 Å². The molecule has 3 rings (SSSR count). The van der Waals surface area contributed by atoms with E-state index in [1.807, 2.05) is 6.20 Å². The molecule has 2 unspecified atom stereocenters. The maximum absolute atomic E-state index is 5.76. The highest BCUT2D eigenvalue weighted by Crippen LogP contribution is 2.27. The first-order valence-electron chi connectivity index (χ1n) is 8.07. The van der Waals surface area contributed by atoms with Crippen molar-refractivity contribution in [1.29, 1.82) is 0 Å². The molecule has 21 heavy (non-hydrogen) atoms. The monoisotopic (exact) mass is 284 g/mol. The van der Waals surface area contributed by atoms with Gasteiger partial charge in [0.25, 0.3) is 0 Å². The molecule has 3 heteroatoms. The Morgan fingerprint density at radius 3 is 3.05 bits per heavy atom. The van der Waals surface area contributed by atoms with Crippen molar-refractivity contribution >= 4 is 10.8 Å². The van der Waals surface area contributed by atoms with Crippen LogP contribution in [0.5, 0.6) is 0 Å². The van der Waals surface area contributed by atoms with Gasteiger partial charge in [0, 0.05) is 18.2 Å². The van der Waals surface area contributed by atoms with Crippen LogP contribution in [-0.2, 0) is 4.74 Å². The molecule has 1 aromatic heterocycles. The molecule has 112 valence electrons. The van der Waals surface area contributed by atoms with Gasteiger partial charge in [0.15, 0.2) is 0 Å². The summed E-state index contributed by atoms with van der Waals surface area (Å²) >= 11 is 0. The molecular weight excluding hydrogens is 260 g/mol. The molecule has 2 aromatic rings. The van der Waals surface area contributed by atoms with E-state index in [1.54, 1.807) is 0 Å². The van der Waals surface area contributed by atoms with Crippen molar-refractivity contribution in [3.05, 3.63) is 42.2 Å².